The van der Waals surface area contributed by atoms with Crippen molar-refractivity contribution in [1.29, 1.82) is 0 Å². The average molecular weight is 453 g/mol. The molecule has 0 bridgehead atoms. The lowest BCUT2D eigenvalue weighted by molar-refractivity contribution is -0.137. The first-order chi connectivity index (χ1) is 14.4. The molecule has 2 aromatic rings. The van der Waals surface area contributed by atoms with Crippen molar-refractivity contribution in [3.63, 3.8) is 0 Å². The van der Waals surface area contributed by atoms with Crippen molar-refractivity contribution in [2.24, 2.45) is 0 Å². The van der Waals surface area contributed by atoms with Gasteiger partial charge in [-0.3, -0.25) is 9.59 Å². The number of hydrogen-bond acceptors (Lipinski definition) is 4. The van der Waals surface area contributed by atoms with Crippen molar-refractivity contribution < 1.29 is 28.2 Å². The number of aliphatic carboxylic acids is 1. The Morgan fingerprint density at radius 2 is 1.81 bits per heavy atom. The van der Waals surface area contributed by atoms with Crippen LogP contribution in [0.25, 0.3) is 0 Å². The second-order valence-electron chi connectivity index (χ2n) is 7.82. The maximum atomic E-state index is 13.8. The Balaban J connectivity index is 0.00000272. The highest BCUT2D eigenvalue weighted by Crippen LogP contribution is 2.46. The van der Waals surface area contributed by atoms with Crippen LogP contribution in [0.1, 0.15) is 35.2 Å². The van der Waals surface area contributed by atoms with Crippen LogP contribution < -0.4 is 10.1 Å². The van der Waals surface area contributed by atoms with Gasteiger partial charge >= 0.3 is 5.97 Å². The normalized spacial score (nSPS) is 16.8. The topological polar surface area (TPSA) is 78.9 Å². The lowest BCUT2D eigenvalue weighted by Gasteiger charge is -2.38. The predicted molar refractivity (Wildman–Crippen MR) is 113 cm³/mol. The zero-order chi connectivity index (χ0) is 21.3. The Morgan fingerprint density at radius 1 is 1.13 bits per heavy atom. The molecule has 1 fully saturated rings. The number of carboxylic acid groups (broad SMARTS) is 1. The Kier molecular flexibility index (Phi) is 6.81. The fourth-order valence-electron chi connectivity index (χ4n) is 4.23. The smallest absolute Gasteiger partial charge is 0.304 e. The van der Waals surface area contributed by atoms with Crippen LogP contribution in [0.4, 0.5) is 14.5 Å². The summed E-state index contributed by atoms with van der Waals surface area (Å²) in [6.45, 7) is 2.65. The summed E-state index contributed by atoms with van der Waals surface area (Å²) in [5.41, 5.74) is 0.701. The summed E-state index contributed by atoms with van der Waals surface area (Å²) in [7, 11) is 0. The van der Waals surface area contributed by atoms with Crippen molar-refractivity contribution >= 4 is 30.0 Å². The molecule has 166 valence electrons. The van der Waals surface area contributed by atoms with E-state index in [1.165, 1.54) is 6.07 Å². The zero-order valence-electron chi connectivity index (χ0n) is 16.7. The number of nitrogens with one attached hydrogen (secondary N) is 1. The Hall–Kier alpha value is -2.71. The number of fused-ring (bicyclic) bond motifs is 2. The van der Waals surface area contributed by atoms with Crippen molar-refractivity contribution in [3.05, 3.63) is 59.2 Å². The van der Waals surface area contributed by atoms with Crippen molar-refractivity contribution in [3.8, 4) is 5.75 Å². The average Bonchev–Trinajstić information content (AvgIpc) is 3.05. The molecule has 2 aliphatic rings. The van der Waals surface area contributed by atoms with Gasteiger partial charge in [0, 0.05) is 29.3 Å². The number of carbonyl (C=O) groups excluding carboxylic acids is 1. The molecule has 4 rings (SSSR count). The monoisotopic (exact) mass is 452 g/mol. The van der Waals surface area contributed by atoms with Gasteiger partial charge in [0.2, 0.25) is 0 Å². The van der Waals surface area contributed by atoms with Crippen LogP contribution in [0, 0.1) is 11.6 Å². The minimum atomic E-state index is -0.918. The second kappa shape index (κ2) is 9.20. The Bertz CT molecular complexity index is 973. The molecule has 0 radical (unpaired) electrons. The molecule has 2 aliphatic heterocycles. The highest BCUT2D eigenvalue weighted by atomic mass is 35.5. The quantitative estimate of drug-likeness (QED) is 0.720. The van der Waals surface area contributed by atoms with E-state index < -0.39 is 29.1 Å². The van der Waals surface area contributed by atoms with Gasteiger partial charge in [0.15, 0.2) is 0 Å². The summed E-state index contributed by atoms with van der Waals surface area (Å²) in [4.78, 5) is 25.2. The first-order valence-electron chi connectivity index (χ1n) is 9.85. The van der Waals surface area contributed by atoms with Crippen LogP contribution in [0.2, 0.25) is 0 Å². The number of rotatable bonds is 5. The molecule has 0 saturated carbocycles. The van der Waals surface area contributed by atoms with Crippen LogP contribution in [0.5, 0.6) is 5.75 Å². The molecule has 31 heavy (non-hydrogen) atoms. The molecule has 2 heterocycles. The number of benzene rings is 2. The van der Waals surface area contributed by atoms with E-state index in [1.54, 1.807) is 12.1 Å². The number of ether oxygens (including phenoxy) is 1. The molecule has 2 N–H and O–H groups in total. The molecular weight excluding hydrogens is 430 g/mol. The first kappa shape index (κ1) is 23.0. The zero-order valence-corrected chi connectivity index (χ0v) is 17.5. The summed E-state index contributed by atoms with van der Waals surface area (Å²) in [5, 5.41) is 11.4. The summed E-state index contributed by atoms with van der Waals surface area (Å²) in [6, 6.07) is 8.56. The van der Waals surface area contributed by atoms with Crippen LogP contribution in [0.15, 0.2) is 36.4 Å². The third-order valence-electron chi connectivity index (χ3n) is 5.96. The number of anilines is 1. The van der Waals surface area contributed by atoms with Crippen LogP contribution in [-0.2, 0) is 10.2 Å². The molecule has 0 aromatic heterocycles. The number of amides is 1. The largest absolute Gasteiger partial charge is 0.492 e. The maximum Gasteiger partial charge on any atom is 0.304 e. The van der Waals surface area contributed by atoms with Gasteiger partial charge in [-0.15, -0.1) is 12.4 Å². The second-order valence-corrected chi connectivity index (χ2v) is 7.82. The molecule has 9 heteroatoms. The highest BCUT2D eigenvalue weighted by molar-refractivity contribution is 6.04. The number of nitrogens with zero attached hydrogens (tertiary/aromatic N) is 1. The van der Waals surface area contributed by atoms with Crippen LogP contribution in [-0.4, -0.2) is 48.1 Å². The minimum Gasteiger partial charge on any atom is -0.492 e. The predicted octanol–water partition coefficient (Wildman–Crippen LogP) is 3.84. The van der Waals surface area contributed by atoms with Gasteiger partial charge in [-0.1, -0.05) is 12.1 Å². The molecule has 1 amide bonds. The number of carboxylic acids is 1. The van der Waals surface area contributed by atoms with E-state index in [9.17, 15) is 18.4 Å². The minimum absolute atomic E-state index is 0. The number of piperidine rings is 1. The molecule has 6 nitrogen and oxygen atoms in total. The SMILES string of the molecule is Cl.O=C(O)CCN1CCC2(CC1)COc1cc(NC(=O)c3c(F)cccc3F)ccc12. The summed E-state index contributed by atoms with van der Waals surface area (Å²) in [6.07, 6.45) is 1.84. The fraction of sp³-hybridized carbons (Fsp3) is 0.364. The summed E-state index contributed by atoms with van der Waals surface area (Å²) < 4.78 is 33.5. The molecule has 0 aliphatic carbocycles. The van der Waals surface area contributed by atoms with E-state index in [-0.39, 0.29) is 24.2 Å². The number of halogens is 3. The molecule has 1 saturated heterocycles. The standard InChI is InChI=1S/C22H22F2N2O4.ClH/c23-16-2-1-3-17(24)20(16)21(29)25-14-4-5-15-18(12-14)30-13-22(15)7-10-26(11-8-22)9-6-19(27)28;/h1-5,12H,6-11,13H2,(H,25,29)(H,27,28);1H. The van der Waals surface area contributed by atoms with Crippen LogP contribution in [0.3, 0.4) is 0 Å². The molecule has 1 spiro atoms. The van der Waals surface area contributed by atoms with Gasteiger partial charge in [0.05, 0.1) is 13.0 Å². The van der Waals surface area contributed by atoms with Gasteiger partial charge in [-0.05, 0) is 44.1 Å². The van der Waals surface area contributed by atoms with Crippen LogP contribution >= 0.6 is 12.4 Å². The van der Waals surface area contributed by atoms with Gasteiger partial charge in [-0.2, -0.15) is 0 Å². The van der Waals surface area contributed by atoms with Gasteiger partial charge < -0.3 is 20.1 Å². The molecule has 2 aromatic carbocycles. The summed E-state index contributed by atoms with van der Waals surface area (Å²) in [5.74, 6) is -2.84. The maximum absolute atomic E-state index is 13.8. The fourth-order valence-corrected chi connectivity index (χ4v) is 4.23. The lowest BCUT2D eigenvalue weighted by atomic mass is 9.74. The Labute approximate surface area is 184 Å². The number of likely N-dealkylation sites (tertiary alicyclic amines) is 1. The molecular formula is C22H23ClF2N2O4. The summed E-state index contributed by atoms with van der Waals surface area (Å²) >= 11 is 0. The lowest BCUT2D eigenvalue weighted by Crippen LogP contribution is -2.44. The first-order valence-corrected chi connectivity index (χ1v) is 9.85. The van der Waals surface area contributed by atoms with E-state index in [1.807, 2.05) is 6.07 Å². The van der Waals surface area contributed by atoms with E-state index in [0.29, 0.717) is 24.6 Å². The third-order valence-corrected chi connectivity index (χ3v) is 5.96. The van der Waals surface area contributed by atoms with Crippen molar-refractivity contribution in [1.82, 2.24) is 4.90 Å². The van der Waals surface area contributed by atoms with Crippen molar-refractivity contribution in [2.75, 3.05) is 31.6 Å². The van der Waals surface area contributed by atoms with Gasteiger partial charge in [-0.25, -0.2) is 8.78 Å². The molecule has 0 atom stereocenters. The van der Waals surface area contributed by atoms with Crippen molar-refractivity contribution in [2.45, 2.75) is 24.7 Å². The van der Waals surface area contributed by atoms with Gasteiger partial charge in [0.25, 0.3) is 5.91 Å². The highest BCUT2D eigenvalue weighted by Gasteiger charge is 2.43. The van der Waals surface area contributed by atoms with E-state index in [2.05, 4.69) is 10.2 Å². The van der Waals surface area contributed by atoms with E-state index >= 15 is 0 Å². The molecule has 0 unspecified atom stereocenters. The third kappa shape index (κ3) is 4.65. The van der Waals surface area contributed by atoms with E-state index in [0.717, 1.165) is 43.6 Å². The van der Waals surface area contributed by atoms with Gasteiger partial charge in [0.1, 0.15) is 22.9 Å². The number of carbonyl (C=O) groups is 2. The number of hydrogen-bond donors (Lipinski definition) is 2. The Morgan fingerprint density at radius 3 is 2.45 bits per heavy atom. The van der Waals surface area contributed by atoms with E-state index in [4.69, 9.17) is 9.84 Å².